The third-order valence-corrected chi connectivity index (χ3v) is 1.45. The first-order valence-corrected chi connectivity index (χ1v) is 2.83. The van der Waals surface area contributed by atoms with Crippen molar-refractivity contribution in [2.24, 2.45) is 5.92 Å². The molecule has 0 spiro atoms. The predicted molar refractivity (Wildman–Crippen MR) is 37.1 cm³/mol. The molecule has 0 aromatic rings. The van der Waals surface area contributed by atoms with Crippen molar-refractivity contribution >= 4 is 7.85 Å². The second kappa shape index (κ2) is 2.89. The molecular formula is C6H13B. The third kappa shape index (κ3) is 2.49. The molecule has 0 fully saturated rings. The van der Waals surface area contributed by atoms with Gasteiger partial charge in [0.1, 0.15) is 7.85 Å². The first-order valence-electron chi connectivity index (χ1n) is 2.83. The van der Waals surface area contributed by atoms with E-state index in [1.807, 2.05) is 0 Å². The smallest absolute Gasteiger partial charge is 0.114 e. The molecular weight excluding hydrogens is 82.9 g/mol. The second-order valence-electron chi connectivity index (χ2n) is 2.16. The number of allylic oxidation sites excluding steroid dienone is 1. The van der Waals surface area contributed by atoms with Gasteiger partial charge in [-0.3, -0.25) is 0 Å². The minimum absolute atomic E-state index is 0.708. The summed E-state index contributed by atoms with van der Waals surface area (Å²) >= 11 is 0. The van der Waals surface area contributed by atoms with Gasteiger partial charge in [-0.1, -0.05) is 20.3 Å². The summed E-state index contributed by atoms with van der Waals surface area (Å²) in [5.41, 5.74) is 1.29. The average Bonchev–Trinajstić information content (AvgIpc) is 1.65. The molecule has 0 aliphatic carbocycles. The van der Waals surface area contributed by atoms with Crippen LogP contribution in [0, 0.1) is 5.92 Å². The lowest BCUT2D eigenvalue weighted by atomic mass is 9.85. The highest BCUT2D eigenvalue weighted by molar-refractivity contribution is 6.21. The van der Waals surface area contributed by atoms with E-state index in [0.717, 1.165) is 0 Å². The van der Waals surface area contributed by atoms with Gasteiger partial charge in [0.15, 0.2) is 0 Å². The summed E-state index contributed by atoms with van der Waals surface area (Å²) < 4.78 is 0. The van der Waals surface area contributed by atoms with Crippen molar-refractivity contribution in [3.05, 3.63) is 12.1 Å². The molecule has 0 saturated heterocycles. The van der Waals surface area contributed by atoms with E-state index in [1.165, 1.54) is 11.9 Å². The lowest BCUT2D eigenvalue weighted by Gasteiger charge is -2.04. The van der Waals surface area contributed by atoms with Crippen molar-refractivity contribution < 1.29 is 0 Å². The summed E-state index contributed by atoms with van der Waals surface area (Å²) in [6, 6.07) is 0. The van der Waals surface area contributed by atoms with Gasteiger partial charge in [-0.25, -0.2) is 0 Å². The van der Waals surface area contributed by atoms with E-state index in [9.17, 15) is 0 Å². The Kier molecular flexibility index (Phi) is 2.81. The highest BCUT2D eigenvalue weighted by atomic mass is 14.0. The van der Waals surface area contributed by atoms with Gasteiger partial charge in [-0.2, -0.15) is 0 Å². The summed E-state index contributed by atoms with van der Waals surface area (Å²) in [4.78, 5) is 0. The van der Waals surface area contributed by atoms with Gasteiger partial charge in [0, 0.05) is 0 Å². The molecule has 0 aromatic carbocycles. The minimum Gasteiger partial charge on any atom is -0.114 e. The lowest BCUT2D eigenvalue weighted by molar-refractivity contribution is 0.687. The van der Waals surface area contributed by atoms with Crippen LogP contribution in [-0.4, -0.2) is 7.85 Å². The Labute approximate surface area is 47.0 Å². The molecule has 0 aliphatic heterocycles. The van der Waals surface area contributed by atoms with Gasteiger partial charge in [-0.05, 0) is 5.92 Å². The van der Waals surface area contributed by atoms with E-state index in [4.69, 9.17) is 0 Å². The Morgan fingerprint density at radius 1 is 1.86 bits per heavy atom. The van der Waals surface area contributed by atoms with Gasteiger partial charge in [0.2, 0.25) is 0 Å². The summed E-state index contributed by atoms with van der Waals surface area (Å²) in [6.07, 6.45) is 1.22. The van der Waals surface area contributed by atoms with Crippen molar-refractivity contribution in [3.63, 3.8) is 0 Å². The quantitative estimate of drug-likeness (QED) is 0.453. The second-order valence-corrected chi connectivity index (χ2v) is 2.16. The normalized spacial score (nSPS) is 13.4. The topological polar surface area (TPSA) is 0 Å². The molecule has 0 rings (SSSR count). The monoisotopic (exact) mass is 96.1 g/mol. The van der Waals surface area contributed by atoms with E-state index in [1.54, 1.807) is 0 Å². The summed E-state index contributed by atoms with van der Waals surface area (Å²) in [6.45, 7) is 8.20. The zero-order valence-electron chi connectivity index (χ0n) is 5.49. The minimum atomic E-state index is 0.708. The molecule has 40 valence electrons. The van der Waals surface area contributed by atoms with Gasteiger partial charge < -0.3 is 0 Å². The van der Waals surface area contributed by atoms with Crippen molar-refractivity contribution in [1.82, 2.24) is 0 Å². The first-order chi connectivity index (χ1) is 3.18. The molecule has 1 heteroatoms. The maximum atomic E-state index is 3.83. The molecule has 1 unspecified atom stereocenters. The van der Waals surface area contributed by atoms with Crippen molar-refractivity contribution in [1.29, 1.82) is 0 Å². The Morgan fingerprint density at radius 2 is 2.29 bits per heavy atom. The molecule has 0 N–H and O–H groups in total. The van der Waals surface area contributed by atoms with Crippen molar-refractivity contribution in [2.45, 2.75) is 20.3 Å². The van der Waals surface area contributed by atoms with Crippen LogP contribution >= 0.6 is 0 Å². The molecule has 1 atom stereocenters. The van der Waals surface area contributed by atoms with E-state index >= 15 is 0 Å². The van der Waals surface area contributed by atoms with E-state index in [-0.39, 0.29) is 0 Å². The Morgan fingerprint density at radius 3 is 2.29 bits per heavy atom. The molecule has 0 radical (unpaired) electrons. The first kappa shape index (κ1) is 6.80. The fourth-order valence-corrected chi connectivity index (χ4v) is 0.348. The van der Waals surface area contributed by atoms with E-state index in [2.05, 4.69) is 28.3 Å². The zero-order valence-corrected chi connectivity index (χ0v) is 5.49. The van der Waals surface area contributed by atoms with Crippen LogP contribution in [-0.2, 0) is 0 Å². The molecule has 0 nitrogen and oxygen atoms in total. The number of hydrogen-bond acceptors (Lipinski definition) is 0. The molecule has 0 amide bonds. The van der Waals surface area contributed by atoms with E-state index < -0.39 is 0 Å². The maximum absolute atomic E-state index is 3.83. The Hall–Kier alpha value is -0.195. The molecule has 0 aromatic heterocycles. The SMILES string of the molecule is BC(=C)C(C)CC. The zero-order chi connectivity index (χ0) is 5.86. The molecule has 0 saturated carbocycles. The number of rotatable bonds is 2. The van der Waals surface area contributed by atoms with Crippen LogP contribution in [0.2, 0.25) is 0 Å². The van der Waals surface area contributed by atoms with E-state index in [0.29, 0.717) is 5.92 Å². The van der Waals surface area contributed by atoms with Gasteiger partial charge in [-0.15, -0.1) is 12.1 Å². The largest absolute Gasteiger partial charge is 0.133 e. The van der Waals surface area contributed by atoms with Gasteiger partial charge in [0.05, 0.1) is 0 Å². The van der Waals surface area contributed by atoms with Crippen LogP contribution in [0.1, 0.15) is 20.3 Å². The van der Waals surface area contributed by atoms with Crippen molar-refractivity contribution in [3.8, 4) is 0 Å². The highest BCUT2D eigenvalue weighted by Gasteiger charge is 1.94. The van der Waals surface area contributed by atoms with Crippen LogP contribution in [0.15, 0.2) is 12.1 Å². The number of hydrogen-bond donors (Lipinski definition) is 0. The third-order valence-electron chi connectivity index (χ3n) is 1.45. The van der Waals surface area contributed by atoms with Crippen molar-refractivity contribution in [2.75, 3.05) is 0 Å². The van der Waals surface area contributed by atoms with Crippen LogP contribution in [0.5, 0.6) is 0 Å². The van der Waals surface area contributed by atoms with Gasteiger partial charge in [0.25, 0.3) is 0 Å². The summed E-state index contributed by atoms with van der Waals surface area (Å²) in [5, 5.41) is 0. The van der Waals surface area contributed by atoms with Crippen LogP contribution in [0.4, 0.5) is 0 Å². The summed E-state index contributed by atoms with van der Waals surface area (Å²) in [7, 11) is 2.08. The molecule has 0 heterocycles. The predicted octanol–water partition coefficient (Wildman–Crippen LogP) is 1.18. The fraction of sp³-hybridized carbons (Fsp3) is 0.667. The lowest BCUT2D eigenvalue weighted by Crippen LogP contribution is -1.93. The summed E-state index contributed by atoms with van der Waals surface area (Å²) in [5.74, 6) is 0.708. The molecule has 0 aliphatic rings. The Balaban J connectivity index is 3.34. The fourth-order valence-electron chi connectivity index (χ4n) is 0.348. The molecule has 0 bridgehead atoms. The van der Waals surface area contributed by atoms with Crippen LogP contribution < -0.4 is 0 Å². The average molecular weight is 96.0 g/mol. The van der Waals surface area contributed by atoms with Crippen LogP contribution in [0.25, 0.3) is 0 Å². The Bertz CT molecular complexity index is 66.6. The van der Waals surface area contributed by atoms with Crippen LogP contribution in [0.3, 0.4) is 0 Å². The van der Waals surface area contributed by atoms with Gasteiger partial charge >= 0.3 is 0 Å². The highest BCUT2D eigenvalue weighted by Crippen LogP contribution is 2.06. The maximum Gasteiger partial charge on any atom is 0.133 e. The molecule has 7 heavy (non-hydrogen) atoms. The standard InChI is InChI=1S/C6H13B/c1-4-5(2)6(3)7/h5H,3-4,7H2,1-2H3.